The lowest BCUT2D eigenvalue weighted by molar-refractivity contribution is -0.117. The molecule has 6 nitrogen and oxygen atoms in total. The van der Waals surface area contributed by atoms with Gasteiger partial charge in [-0.2, -0.15) is 0 Å². The lowest BCUT2D eigenvalue weighted by atomic mass is 10.2. The Morgan fingerprint density at radius 2 is 2.18 bits per heavy atom. The molecule has 0 radical (unpaired) electrons. The average molecular weight is 238 g/mol. The molecular formula is C11H14N2O4. The minimum Gasteiger partial charge on any atom is -0.477 e. The quantitative estimate of drug-likeness (QED) is 0.787. The first-order valence-corrected chi connectivity index (χ1v) is 5.29. The van der Waals surface area contributed by atoms with Crippen LogP contribution < -0.4 is 9.64 Å². The molecule has 2 heterocycles. The van der Waals surface area contributed by atoms with E-state index in [-0.39, 0.29) is 17.7 Å². The number of carbonyl (C=O) groups excluding carboxylic acids is 1. The van der Waals surface area contributed by atoms with Gasteiger partial charge in [-0.3, -0.25) is 4.79 Å². The molecule has 0 aliphatic carbocycles. The number of amides is 1. The molecule has 1 aliphatic heterocycles. The predicted octanol–water partition coefficient (Wildman–Crippen LogP) is 0.857. The van der Waals surface area contributed by atoms with E-state index in [9.17, 15) is 9.59 Å². The number of carboxylic acid groups (broad SMARTS) is 1. The van der Waals surface area contributed by atoms with E-state index in [0.29, 0.717) is 18.1 Å². The maximum Gasteiger partial charge on any atom is 0.352 e. The molecule has 1 N–H and O–H groups in total. The van der Waals surface area contributed by atoms with Crippen LogP contribution in [0.5, 0.6) is 5.88 Å². The summed E-state index contributed by atoms with van der Waals surface area (Å²) in [5.41, 5.74) is 0.630. The second-order valence-electron chi connectivity index (χ2n) is 4.14. The third-order valence-corrected chi connectivity index (χ3v) is 2.80. The zero-order valence-corrected chi connectivity index (χ0v) is 9.93. The molecule has 0 fully saturated rings. The molecule has 1 aliphatic rings. The number of anilines is 1. The number of hydrogen-bond acceptors (Lipinski definition) is 3. The van der Waals surface area contributed by atoms with Crippen molar-refractivity contribution in [2.24, 2.45) is 7.05 Å². The summed E-state index contributed by atoms with van der Waals surface area (Å²) in [5.74, 6) is -0.734. The Kier molecular flexibility index (Phi) is 2.57. The third kappa shape index (κ3) is 1.75. The number of nitrogens with zero attached hydrogens (tertiary/aromatic N) is 2. The highest BCUT2D eigenvalue weighted by atomic mass is 16.5. The van der Waals surface area contributed by atoms with E-state index in [0.717, 1.165) is 0 Å². The van der Waals surface area contributed by atoms with Crippen LogP contribution in [-0.4, -0.2) is 34.2 Å². The van der Waals surface area contributed by atoms with Gasteiger partial charge in [0.25, 0.3) is 0 Å². The van der Waals surface area contributed by atoms with E-state index in [1.807, 2.05) is 6.92 Å². The summed E-state index contributed by atoms with van der Waals surface area (Å²) in [5, 5.41) is 9.03. The Labute approximate surface area is 98.4 Å². The van der Waals surface area contributed by atoms with E-state index >= 15 is 0 Å². The molecule has 1 amide bonds. The summed E-state index contributed by atoms with van der Waals surface area (Å²) in [6, 6.07) is 1.46. The van der Waals surface area contributed by atoms with Gasteiger partial charge in [0.05, 0.1) is 6.54 Å². The zero-order valence-electron chi connectivity index (χ0n) is 9.93. The highest BCUT2D eigenvalue weighted by Crippen LogP contribution is 2.36. The van der Waals surface area contributed by atoms with Crippen molar-refractivity contribution in [3.8, 4) is 5.88 Å². The number of carbonyl (C=O) groups is 2. The molecule has 1 atom stereocenters. The molecule has 0 spiro atoms. The van der Waals surface area contributed by atoms with Crippen LogP contribution in [-0.2, 0) is 11.8 Å². The first-order chi connectivity index (χ1) is 7.91. The van der Waals surface area contributed by atoms with Crippen molar-refractivity contribution in [3.05, 3.63) is 11.8 Å². The smallest absolute Gasteiger partial charge is 0.352 e. The molecule has 6 heteroatoms. The van der Waals surface area contributed by atoms with E-state index in [4.69, 9.17) is 9.84 Å². The second-order valence-corrected chi connectivity index (χ2v) is 4.14. The van der Waals surface area contributed by atoms with Crippen molar-refractivity contribution >= 4 is 17.6 Å². The molecule has 1 aromatic heterocycles. The first-order valence-electron chi connectivity index (χ1n) is 5.29. The van der Waals surface area contributed by atoms with Gasteiger partial charge in [0.1, 0.15) is 17.5 Å². The second kappa shape index (κ2) is 3.80. The predicted molar refractivity (Wildman–Crippen MR) is 60.5 cm³/mol. The number of ether oxygens (including phenoxy) is 1. The van der Waals surface area contributed by atoms with Crippen LogP contribution in [0.2, 0.25) is 0 Å². The number of carboxylic acids is 1. The monoisotopic (exact) mass is 238 g/mol. The minimum absolute atomic E-state index is 0.107. The molecule has 0 saturated heterocycles. The summed E-state index contributed by atoms with van der Waals surface area (Å²) in [4.78, 5) is 24.1. The van der Waals surface area contributed by atoms with E-state index in [1.165, 1.54) is 22.5 Å². The Morgan fingerprint density at radius 3 is 2.71 bits per heavy atom. The molecular weight excluding hydrogens is 224 g/mol. The van der Waals surface area contributed by atoms with Crippen LogP contribution in [0.25, 0.3) is 0 Å². The van der Waals surface area contributed by atoms with Crippen molar-refractivity contribution in [3.63, 3.8) is 0 Å². The Morgan fingerprint density at radius 1 is 1.53 bits per heavy atom. The van der Waals surface area contributed by atoms with Crippen LogP contribution in [0.15, 0.2) is 6.07 Å². The fourth-order valence-corrected chi connectivity index (χ4v) is 1.99. The van der Waals surface area contributed by atoms with Crippen LogP contribution in [0.4, 0.5) is 5.69 Å². The largest absolute Gasteiger partial charge is 0.477 e. The maximum absolute atomic E-state index is 11.5. The fraction of sp³-hybridized carbons (Fsp3) is 0.455. The van der Waals surface area contributed by atoms with E-state index in [2.05, 4.69) is 0 Å². The number of hydrogen-bond donors (Lipinski definition) is 1. The van der Waals surface area contributed by atoms with Gasteiger partial charge in [0.15, 0.2) is 0 Å². The van der Waals surface area contributed by atoms with Gasteiger partial charge in [-0.1, -0.05) is 0 Å². The lowest BCUT2D eigenvalue weighted by Crippen LogP contribution is -2.41. The van der Waals surface area contributed by atoms with Crippen molar-refractivity contribution in [1.29, 1.82) is 0 Å². The molecule has 1 aromatic rings. The van der Waals surface area contributed by atoms with Gasteiger partial charge in [-0.25, -0.2) is 4.79 Å². The molecule has 0 bridgehead atoms. The molecule has 0 aromatic carbocycles. The van der Waals surface area contributed by atoms with Gasteiger partial charge in [0.2, 0.25) is 11.8 Å². The van der Waals surface area contributed by atoms with Crippen molar-refractivity contribution in [2.45, 2.75) is 20.0 Å². The average Bonchev–Trinajstić information content (AvgIpc) is 2.55. The number of fused-ring (bicyclic) bond motifs is 1. The number of aromatic carboxylic acids is 1. The van der Waals surface area contributed by atoms with Crippen molar-refractivity contribution in [2.75, 3.05) is 11.4 Å². The standard InChI is InChI=1S/C11H14N2O4/c1-6-5-13(7(2)14)8-4-9(11(15)16)12(3)10(8)17-6/h4,6H,5H2,1-3H3,(H,15,16). The summed E-state index contributed by atoms with van der Waals surface area (Å²) >= 11 is 0. The summed E-state index contributed by atoms with van der Waals surface area (Å²) in [6.45, 7) is 3.73. The van der Waals surface area contributed by atoms with E-state index < -0.39 is 5.97 Å². The Hall–Kier alpha value is -1.98. The zero-order chi connectivity index (χ0) is 12.7. The van der Waals surface area contributed by atoms with Crippen LogP contribution in [0, 0.1) is 0 Å². The SMILES string of the molecule is CC(=O)N1CC(C)Oc2c1cc(C(=O)O)n2C. The molecule has 0 saturated carbocycles. The minimum atomic E-state index is -1.04. The summed E-state index contributed by atoms with van der Waals surface area (Å²) in [7, 11) is 1.61. The Balaban J connectivity index is 2.56. The molecule has 2 rings (SSSR count). The normalized spacial score (nSPS) is 18.5. The van der Waals surface area contributed by atoms with Crippen LogP contribution >= 0.6 is 0 Å². The molecule has 17 heavy (non-hydrogen) atoms. The number of aromatic nitrogens is 1. The highest BCUT2D eigenvalue weighted by molar-refractivity contribution is 5.96. The lowest BCUT2D eigenvalue weighted by Gasteiger charge is -2.31. The fourth-order valence-electron chi connectivity index (χ4n) is 1.99. The van der Waals surface area contributed by atoms with Gasteiger partial charge in [-0.15, -0.1) is 0 Å². The highest BCUT2D eigenvalue weighted by Gasteiger charge is 2.31. The summed E-state index contributed by atoms with van der Waals surface area (Å²) in [6.07, 6.45) is -0.151. The topological polar surface area (TPSA) is 71.8 Å². The first kappa shape index (κ1) is 11.5. The van der Waals surface area contributed by atoms with Crippen LogP contribution in [0.1, 0.15) is 24.3 Å². The van der Waals surface area contributed by atoms with Gasteiger partial charge < -0.3 is 19.3 Å². The van der Waals surface area contributed by atoms with Gasteiger partial charge >= 0.3 is 5.97 Å². The molecule has 1 unspecified atom stereocenters. The van der Waals surface area contributed by atoms with Crippen LogP contribution in [0.3, 0.4) is 0 Å². The van der Waals surface area contributed by atoms with Crippen molar-refractivity contribution in [1.82, 2.24) is 4.57 Å². The Bertz CT molecular complexity index is 492. The number of rotatable bonds is 1. The van der Waals surface area contributed by atoms with Gasteiger partial charge in [0, 0.05) is 14.0 Å². The molecule has 92 valence electrons. The van der Waals surface area contributed by atoms with E-state index in [1.54, 1.807) is 7.05 Å². The maximum atomic E-state index is 11.5. The van der Waals surface area contributed by atoms with Crippen molar-refractivity contribution < 1.29 is 19.4 Å². The van der Waals surface area contributed by atoms with Gasteiger partial charge in [-0.05, 0) is 13.0 Å². The summed E-state index contributed by atoms with van der Waals surface area (Å²) < 4.78 is 7.03. The third-order valence-electron chi connectivity index (χ3n) is 2.80.